The molecule has 3 nitrogen and oxygen atoms in total. The minimum Gasteiger partial charge on any atom is -0.325 e. The molecular weight excluding hydrogens is 207 g/mol. The first-order valence-electron chi connectivity index (χ1n) is 5.49. The van der Waals surface area contributed by atoms with Crippen molar-refractivity contribution in [1.82, 2.24) is 4.90 Å². The molecule has 1 heterocycles. The van der Waals surface area contributed by atoms with Crippen LogP contribution in [0.15, 0.2) is 18.2 Å². The van der Waals surface area contributed by atoms with Gasteiger partial charge in [0.25, 0.3) is 0 Å². The lowest BCUT2D eigenvalue weighted by Gasteiger charge is -2.16. The number of likely N-dealkylation sites (tertiary alicyclic amines) is 1. The zero-order valence-corrected chi connectivity index (χ0v) is 9.29. The Balaban J connectivity index is 2.02. The molecule has 86 valence electrons. The van der Waals surface area contributed by atoms with Crippen molar-refractivity contribution in [2.75, 3.05) is 18.4 Å². The fourth-order valence-electron chi connectivity index (χ4n) is 1.79. The number of amides is 2. The summed E-state index contributed by atoms with van der Waals surface area (Å²) in [6.07, 6.45) is 2.10. The number of anilines is 1. The number of urea groups is 1. The summed E-state index contributed by atoms with van der Waals surface area (Å²) in [4.78, 5) is 13.5. The lowest BCUT2D eigenvalue weighted by atomic mass is 10.2. The van der Waals surface area contributed by atoms with E-state index in [0.717, 1.165) is 25.9 Å². The number of nitrogens with zero attached hydrogens (tertiary/aromatic N) is 1. The first-order chi connectivity index (χ1) is 7.66. The molecule has 1 N–H and O–H groups in total. The Morgan fingerprint density at radius 1 is 1.38 bits per heavy atom. The molecule has 1 aromatic carbocycles. The summed E-state index contributed by atoms with van der Waals surface area (Å²) in [6, 6.07) is 4.59. The van der Waals surface area contributed by atoms with Gasteiger partial charge >= 0.3 is 6.03 Å². The molecule has 2 amide bonds. The summed E-state index contributed by atoms with van der Waals surface area (Å²) in [5.41, 5.74) is 1.10. The molecule has 0 unspecified atom stereocenters. The van der Waals surface area contributed by atoms with Crippen LogP contribution in [0.25, 0.3) is 0 Å². The highest BCUT2D eigenvalue weighted by molar-refractivity contribution is 5.89. The third kappa shape index (κ3) is 2.32. The van der Waals surface area contributed by atoms with Gasteiger partial charge < -0.3 is 10.2 Å². The maximum absolute atomic E-state index is 13.2. The van der Waals surface area contributed by atoms with Crippen LogP contribution in [0.5, 0.6) is 0 Å². The lowest BCUT2D eigenvalue weighted by molar-refractivity contribution is 0.222. The first kappa shape index (κ1) is 10.9. The van der Waals surface area contributed by atoms with E-state index < -0.39 is 0 Å². The number of hydrogen-bond donors (Lipinski definition) is 1. The van der Waals surface area contributed by atoms with Crippen LogP contribution in [0.2, 0.25) is 0 Å². The number of rotatable bonds is 1. The summed E-state index contributed by atoms with van der Waals surface area (Å²) in [7, 11) is 0. The molecule has 0 bridgehead atoms. The average molecular weight is 222 g/mol. The zero-order valence-electron chi connectivity index (χ0n) is 9.29. The smallest absolute Gasteiger partial charge is 0.321 e. The number of aryl methyl sites for hydroxylation is 1. The van der Waals surface area contributed by atoms with Gasteiger partial charge in [0.05, 0.1) is 0 Å². The summed E-state index contributed by atoms with van der Waals surface area (Å²) in [5.74, 6) is -0.292. The van der Waals surface area contributed by atoms with Crippen LogP contribution in [0.3, 0.4) is 0 Å². The van der Waals surface area contributed by atoms with Gasteiger partial charge in [0.2, 0.25) is 0 Å². The fraction of sp³-hybridized carbons (Fsp3) is 0.417. The van der Waals surface area contributed by atoms with Crippen molar-refractivity contribution >= 4 is 11.7 Å². The third-order valence-corrected chi connectivity index (χ3v) is 2.82. The number of nitrogens with one attached hydrogen (secondary N) is 1. The topological polar surface area (TPSA) is 32.3 Å². The normalized spacial score (nSPS) is 15.2. The SMILES string of the molecule is Cc1ccc(NC(=O)N2CCCC2)cc1F. The predicted octanol–water partition coefficient (Wildman–Crippen LogP) is 2.76. The highest BCUT2D eigenvalue weighted by Gasteiger charge is 2.17. The largest absolute Gasteiger partial charge is 0.325 e. The van der Waals surface area contributed by atoms with Crippen molar-refractivity contribution in [3.05, 3.63) is 29.6 Å². The van der Waals surface area contributed by atoms with E-state index in [1.54, 1.807) is 24.0 Å². The summed E-state index contributed by atoms with van der Waals surface area (Å²) < 4.78 is 13.2. The Morgan fingerprint density at radius 2 is 2.06 bits per heavy atom. The van der Waals surface area contributed by atoms with E-state index in [9.17, 15) is 9.18 Å². The second-order valence-electron chi connectivity index (χ2n) is 4.09. The van der Waals surface area contributed by atoms with Crippen molar-refractivity contribution in [2.24, 2.45) is 0 Å². The molecule has 4 heteroatoms. The van der Waals surface area contributed by atoms with Gasteiger partial charge in [-0.15, -0.1) is 0 Å². The Hall–Kier alpha value is -1.58. The van der Waals surface area contributed by atoms with E-state index in [4.69, 9.17) is 0 Å². The highest BCUT2D eigenvalue weighted by atomic mass is 19.1. The number of benzene rings is 1. The van der Waals surface area contributed by atoms with Gasteiger partial charge in [0.15, 0.2) is 0 Å². The maximum atomic E-state index is 13.2. The number of halogens is 1. The Morgan fingerprint density at radius 3 is 2.69 bits per heavy atom. The van der Waals surface area contributed by atoms with Crippen molar-refractivity contribution < 1.29 is 9.18 Å². The van der Waals surface area contributed by atoms with E-state index in [1.807, 2.05) is 0 Å². The Kier molecular flexibility index (Phi) is 3.08. The molecule has 0 saturated carbocycles. The minimum atomic E-state index is -0.292. The van der Waals surface area contributed by atoms with Crippen molar-refractivity contribution in [2.45, 2.75) is 19.8 Å². The van der Waals surface area contributed by atoms with Crippen LogP contribution in [-0.4, -0.2) is 24.0 Å². The number of hydrogen-bond acceptors (Lipinski definition) is 1. The van der Waals surface area contributed by atoms with Gasteiger partial charge in [0.1, 0.15) is 5.82 Å². The third-order valence-electron chi connectivity index (χ3n) is 2.82. The fourth-order valence-corrected chi connectivity index (χ4v) is 1.79. The monoisotopic (exact) mass is 222 g/mol. The van der Waals surface area contributed by atoms with Crippen LogP contribution >= 0.6 is 0 Å². The van der Waals surface area contributed by atoms with Crippen molar-refractivity contribution in [3.8, 4) is 0 Å². The van der Waals surface area contributed by atoms with Crippen molar-refractivity contribution in [3.63, 3.8) is 0 Å². The molecule has 0 spiro atoms. The summed E-state index contributed by atoms with van der Waals surface area (Å²) in [6.45, 7) is 3.28. The maximum Gasteiger partial charge on any atom is 0.321 e. The molecule has 1 aliphatic rings. The highest BCUT2D eigenvalue weighted by Crippen LogP contribution is 2.15. The molecule has 1 aliphatic heterocycles. The quantitative estimate of drug-likeness (QED) is 0.778. The second kappa shape index (κ2) is 4.51. The van der Waals surface area contributed by atoms with Crippen molar-refractivity contribution in [1.29, 1.82) is 0 Å². The van der Waals surface area contributed by atoms with E-state index in [2.05, 4.69) is 5.32 Å². The van der Waals surface area contributed by atoms with Gasteiger partial charge in [-0.2, -0.15) is 0 Å². The first-order valence-corrected chi connectivity index (χ1v) is 5.49. The van der Waals surface area contributed by atoms with Crippen LogP contribution in [0, 0.1) is 12.7 Å². The summed E-state index contributed by atoms with van der Waals surface area (Å²) >= 11 is 0. The van der Waals surface area contributed by atoms with Gasteiger partial charge in [-0.3, -0.25) is 0 Å². The van der Waals surface area contributed by atoms with E-state index in [-0.39, 0.29) is 11.8 Å². The molecule has 0 aromatic heterocycles. The van der Waals surface area contributed by atoms with Gasteiger partial charge in [-0.05, 0) is 37.5 Å². The molecule has 1 saturated heterocycles. The predicted molar refractivity (Wildman–Crippen MR) is 61.0 cm³/mol. The zero-order chi connectivity index (χ0) is 11.5. The molecule has 2 rings (SSSR count). The van der Waals surface area contributed by atoms with Crippen LogP contribution in [-0.2, 0) is 0 Å². The Labute approximate surface area is 94.3 Å². The minimum absolute atomic E-state index is 0.138. The number of carbonyl (C=O) groups excluding carboxylic acids is 1. The van der Waals surface area contributed by atoms with E-state index in [1.165, 1.54) is 6.07 Å². The molecule has 1 aromatic rings. The van der Waals surface area contributed by atoms with Crippen LogP contribution in [0.1, 0.15) is 18.4 Å². The number of carbonyl (C=O) groups is 1. The van der Waals surface area contributed by atoms with E-state index in [0.29, 0.717) is 11.3 Å². The lowest BCUT2D eigenvalue weighted by Crippen LogP contribution is -2.32. The Bertz CT molecular complexity index is 400. The second-order valence-corrected chi connectivity index (χ2v) is 4.09. The standard InChI is InChI=1S/C12H15FN2O/c1-9-4-5-10(8-11(9)13)14-12(16)15-6-2-3-7-15/h4-5,8H,2-3,6-7H2,1H3,(H,14,16). The molecule has 0 aliphatic carbocycles. The molecule has 0 radical (unpaired) electrons. The van der Waals surface area contributed by atoms with Gasteiger partial charge in [0, 0.05) is 18.8 Å². The van der Waals surface area contributed by atoms with Crippen LogP contribution < -0.4 is 5.32 Å². The summed E-state index contributed by atoms with van der Waals surface area (Å²) in [5, 5.41) is 2.70. The molecular formula is C12H15FN2O. The van der Waals surface area contributed by atoms with E-state index >= 15 is 0 Å². The molecule has 16 heavy (non-hydrogen) atoms. The van der Waals surface area contributed by atoms with Gasteiger partial charge in [-0.1, -0.05) is 6.07 Å². The molecule has 1 fully saturated rings. The average Bonchev–Trinajstić information content (AvgIpc) is 2.77. The van der Waals surface area contributed by atoms with Gasteiger partial charge in [-0.25, -0.2) is 9.18 Å². The molecule has 0 atom stereocenters. The van der Waals surface area contributed by atoms with Crippen LogP contribution in [0.4, 0.5) is 14.9 Å².